The number of carbonyl (C=O) groups is 3. The summed E-state index contributed by atoms with van der Waals surface area (Å²) >= 11 is 0. The molecule has 0 bridgehead atoms. The second-order valence-corrected chi connectivity index (χ2v) is 7.95. The molecule has 1 N–H and O–H groups in total. The topological polar surface area (TPSA) is 82.6 Å². The van der Waals surface area contributed by atoms with Gasteiger partial charge in [0.05, 0.1) is 0 Å². The highest BCUT2D eigenvalue weighted by atomic mass is 19.2. The summed E-state index contributed by atoms with van der Waals surface area (Å²) in [6.07, 6.45) is 1.23. The zero-order valence-corrected chi connectivity index (χ0v) is 18.5. The van der Waals surface area contributed by atoms with Gasteiger partial charge in [0.15, 0.2) is 17.5 Å². The molecule has 0 unspecified atom stereocenters. The molecule has 0 spiro atoms. The average Bonchev–Trinajstić information content (AvgIpc) is 2.87. The molecule has 1 aliphatic rings. The van der Waals surface area contributed by atoms with Gasteiger partial charge in [0, 0.05) is 43.5 Å². The van der Waals surface area contributed by atoms with Crippen LogP contribution in [0.1, 0.15) is 16.8 Å². The largest absolute Gasteiger partial charge is 0.339 e. The number of amides is 3. The third-order valence-corrected chi connectivity index (χ3v) is 5.60. The van der Waals surface area contributed by atoms with Crippen molar-refractivity contribution in [3.05, 3.63) is 83.8 Å². The fourth-order valence-corrected chi connectivity index (χ4v) is 3.73. The summed E-state index contributed by atoms with van der Waals surface area (Å²) in [5.41, 5.74) is 1.56. The van der Waals surface area contributed by atoms with Gasteiger partial charge >= 0.3 is 0 Å². The maximum Gasteiger partial charge on any atom is 0.254 e. The second-order valence-electron chi connectivity index (χ2n) is 7.95. The lowest BCUT2D eigenvalue weighted by molar-refractivity contribution is -0.135. The molecule has 2 aromatic carbocycles. The number of pyridine rings is 1. The first-order valence-electron chi connectivity index (χ1n) is 10.8. The second kappa shape index (κ2) is 10.4. The predicted octanol–water partition coefficient (Wildman–Crippen LogP) is 3.48. The zero-order valence-electron chi connectivity index (χ0n) is 18.5. The normalized spacial score (nSPS) is 13.5. The van der Waals surface area contributed by atoms with Crippen LogP contribution in [-0.4, -0.2) is 58.7 Å². The third-order valence-electron chi connectivity index (χ3n) is 5.60. The number of nitrogens with one attached hydrogen (secondary N) is 1. The van der Waals surface area contributed by atoms with Gasteiger partial charge in [0.1, 0.15) is 12.2 Å². The van der Waals surface area contributed by atoms with Gasteiger partial charge in [-0.25, -0.2) is 18.2 Å². The van der Waals surface area contributed by atoms with E-state index in [4.69, 9.17) is 0 Å². The summed E-state index contributed by atoms with van der Waals surface area (Å²) < 4.78 is 40.0. The van der Waals surface area contributed by atoms with Crippen molar-refractivity contribution in [3.8, 4) is 11.1 Å². The summed E-state index contributed by atoms with van der Waals surface area (Å²) in [7, 11) is 0. The number of halogens is 3. The van der Waals surface area contributed by atoms with Gasteiger partial charge in [0.2, 0.25) is 11.8 Å². The monoisotopic (exact) mass is 482 g/mol. The minimum absolute atomic E-state index is 0.106. The molecule has 0 atom stereocenters. The lowest BCUT2D eigenvalue weighted by Gasteiger charge is -2.34. The summed E-state index contributed by atoms with van der Waals surface area (Å²) in [5.74, 6) is -5.83. The van der Waals surface area contributed by atoms with Crippen LogP contribution in [0.25, 0.3) is 11.1 Å². The van der Waals surface area contributed by atoms with Crippen LogP contribution in [0.15, 0.2) is 60.8 Å². The van der Waals surface area contributed by atoms with E-state index in [-0.39, 0.29) is 31.7 Å². The molecular weight excluding hydrogens is 461 g/mol. The van der Waals surface area contributed by atoms with E-state index >= 15 is 0 Å². The fourth-order valence-electron chi connectivity index (χ4n) is 3.73. The van der Waals surface area contributed by atoms with Gasteiger partial charge in [0.25, 0.3) is 5.91 Å². The maximum absolute atomic E-state index is 13.4. The number of hydrogen-bond donors (Lipinski definition) is 1. The Hall–Kier alpha value is -4.21. The molecule has 3 aromatic rings. The molecule has 2 heterocycles. The SMILES string of the molecule is O=C(CC(=O)N1CCN(C(=O)c2cc(F)c(F)c(F)c2)CC1)Nc1ccc(-c2ccccc2)cn1. The van der Waals surface area contributed by atoms with Crippen LogP contribution in [0, 0.1) is 17.5 Å². The molecule has 4 rings (SSSR count). The first-order valence-corrected chi connectivity index (χ1v) is 10.8. The van der Waals surface area contributed by atoms with Gasteiger partial charge in [-0.3, -0.25) is 14.4 Å². The third kappa shape index (κ3) is 5.65. The summed E-state index contributed by atoms with van der Waals surface area (Å²) in [4.78, 5) is 44.3. The predicted molar refractivity (Wildman–Crippen MR) is 122 cm³/mol. The van der Waals surface area contributed by atoms with Crippen LogP contribution >= 0.6 is 0 Å². The number of piperazine rings is 1. The number of anilines is 1. The molecule has 1 fully saturated rings. The van der Waals surface area contributed by atoms with Crippen molar-refractivity contribution >= 4 is 23.5 Å². The van der Waals surface area contributed by atoms with Crippen LogP contribution < -0.4 is 5.32 Å². The number of rotatable bonds is 5. The van der Waals surface area contributed by atoms with Gasteiger partial charge in [-0.05, 0) is 29.8 Å². The lowest BCUT2D eigenvalue weighted by Crippen LogP contribution is -2.51. The number of benzene rings is 2. The van der Waals surface area contributed by atoms with Crippen molar-refractivity contribution in [2.45, 2.75) is 6.42 Å². The standard InChI is InChI=1S/C25H21F3N4O3/c26-19-12-18(13-20(27)24(19)28)25(35)32-10-8-31(9-11-32)23(34)14-22(33)30-21-7-6-17(15-29-21)16-4-2-1-3-5-16/h1-7,12-13,15H,8-11,14H2,(H,29,30,33). The quantitative estimate of drug-likeness (QED) is 0.446. The Morgan fingerprint density at radius 2 is 1.46 bits per heavy atom. The van der Waals surface area contributed by atoms with Crippen LogP contribution in [-0.2, 0) is 9.59 Å². The summed E-state index contributed by atoms with van der Waals surface area (Å²) in [6, 6.07) is 14.4. The average molecular weight is 482 g/mol. The smallest absolute Gasteiger partial charge is 0.254 e. The number of nitrogens with zero attached hydrogens (tertiary/aromatic N) is 3. The van der Waals surface area contributed by atoms with Crippen LogP contribution in [0.2, 0.25) is 0 Å². The number of hydrogen-bond acceptors (Lipinski definition) is 4. The van der Waals surface area contributed by atoms with Crippen molar-refractivity contribution in [1.82, 2.24) is 14.8 Å². The molecule has 0 saturated carbocycles. The van der Waals surface area contributed by atoms with Crippen LogP contribution in [0.4, 0.5) is 19.0 Å². The lowest BCUT2D eigenvalue weighted by atomic mass is 10.1. The number of carbonyl (C=O) groups excluding carboxylic acids is 3. The van der Waals surface area contributed by atoms with E-state index in [0.29, 0.717) is 18.0 Å². The Kier molecular flexibility index (Phi) is 7.09. The Labute approximate surface area is 199 Å². The van der Waals surface area contributed by atoms with Crippen molar-refractivity contribution in [2.24, 2.45) is 0 Å². The maximum atomic E-state index is 13.4. The fraction of sp³-hybridized carbons (Fsp3) is 0.200. The molecule has 1 saturated heterocycles. The van der Waals surface area contributed by atoms with Crippen molar-refractivity contribution in [3.63, 3.8) is 0 Å². The van der Waals surface area contributed by atoms with Gasteiger partial charge in [-0.15, -0.1) is 0 Å². The van der Waals surface area contributed by atoms with Crippen LogP contribution in [0.3, 0.4) is 0 Å². The van der Waals surface area contributed by atoms with E-state index in [1.54, 1.807) is 12.3 Å². The first kappa shape index (κ1) is 23.9. The Bertz CT molecular complexity index is 1220. The molecule has 1 aliphatic heterocycles. The molecule has 180 valence electrons. The van der Waals surface area contributed by atoms with Gasteiger partial charge in [-0.1, -0.05) is 30.3 Å². The zero-order chi connectivity index (χ0) is 24.9. The van der Waals surface area contributed by atoms with Crippen LogP contribution in [0.5, 0.6) is 0 Å². The summed E-state index contributed by atoms with van der Waals surface area (Å²) in [5, 5.41) is 2.59. The minimum Gasteiger partial charge on any atom is -0.339 e. The van der Waals surface area contributed by atoms with Crippen molar-refractivity contribution < 1.29 is 27.6 Å². The molecule has 3 amide bonds. The molecular formula is C25H21F3N4O3. The molecule has 0 radical (unpaired) electrons. The Morgan fingerprint density at radius 1 is 0.829 bits per heavy atom. The highest BCUT2D eigenvalue weighted by Gasteiger charge is 2.27. The van der Waals surface area contributed by atoms with E-state index in [1.165, 1.54) is 9.80 Å². The van der Waals surface area contributed by atoms with E-state index in [2.05, 4.69) is 10.3 Å². The minimum atomic E-state index is -1.64. The Morgan fingerprint density at radius 3 is 2.06 bits per heavy atom. The highest BCUT2D eigenvalue weighted by Crippen LogP contribution is 2.19. The van der Waals surface area contributed by atoms with Gasteiger partial charge < -0.3 is 15.1 Å². The van der Waals surface area contributed by atoms with E-state index < -0.39 is 41.6 Å². The molecule has 7 nitrogen and oxygen atoms in total. The first-order chi connectivity index (χ1) is 16.8. The Balaban J connectivity index is 1.27. The van der Waals surface area contributed by atoms with E-state index in [1.807, 2.05) is 36.4 Å². The van der Waals surface area contributed by atoms with E-state index in [9.17, 15) is 27.6 Å². The van der Waals surface area contributed by atoms with Crippen molar-refractivity contribution in [2.75, 3.05) is 31.5 Å². The van der Waals surface area contributed by atoms with E-state index in [0.717, 1.165) is 11.1 Å². The molecule has 0 aliphatic carbocycles. The molecule has 35 heavy (non-hydrogen) atoms. The summed E-state index contributed by atoms with van der Waals surface area (Å²) in [6.45, 7) is 0.507. The van der Waals surface area contributed by atoms with Gasteiger partial charge in [-0.2, -0.15) is 0 Å². The van der Waals surface area contributed by atoms with Crippen molar-refractivity contribution in [1.29, 1.82) is 0 Å². The molecule has 1 aromatic heterocycles. The molecule has 10 heteroatoms. The number of aromatic nitrogens is 1. The highest BCUT2D eigenvalue weighted by molar-refractivity contribution is 6.03.